The summed E-state index contributed by atoms with van der Waals surface area (Å²) in [6, 6.07) is 0. The first-order valence-electron chi connectivity index (χ1n) is 10.8. The van der Waals surface area contributed by atoms with Crippen molar-refractivity contribution in [3.63, 3.8) is 0 Å². The van der Waals surface area contributed by atoms with Crippen molar-refractivity contribution in [2.75, 3.05) is 37.4 Å². The molecule has 11 heteroatoms. The Morgan fingerprint density at radius 1 is 1.25 bits per heavy atom. The number of hydrogen-bond acceptors (Lipinski definition) is 9. The fourth-order valence-electron chi connectivity index (χ4n) is 4.10. The summed E-state index contributed by atoms with van der Waals surface area (Å²) in [5.41, 5.74) is 2.11. The van der Waals surface area contributed by atoms with E-state index in [0.717, 1.165) is 68.0 Å². The normalized spacial score (nSPS) is 16.9. The fourth-order valence-corrected chi connectivity index (χ4v) is 6.79. The van der Waals surface area contributed by atoms with Gasteiger partial charge in [-0.2, -0.15) is 0 Å². The van der Waals surface area contributed by atoms with Gasteiger partial charge in [-0.3, -0.25) is 14.5 Å². The third kappa shape index (κ3) is 5.07. The van der Waals surface area contributed by atoms with Crippen LogP contribution in [-0.4, -0.2) is 57.8 Å². The molecule has 0 saturated carbocycles. The maximum atomic E-state index is 12.6. The quantitative estimate of drug-likeness (QED) is 0.524. The number of nitrogens with one attached hydrogen (secondary N) is 2. The lowest BCUT2D eigenvalue weighted by molar-refractivity contribution is -0.113. The zero-order valence-electron chi connectivity index (χ0n) is 17.6. The number of rotatable bonds is 7. The molecule has 0 unspecified atom stereocenters. The number of aryl methyl sites for hydroxylation is 2. The maximum absolute atomic E-state index is 12.6. The van der Waals surface area contributed by atoms with Crippen LogP contribution in [0.2, 0.25) is 0 Å². The summed E-state index contributed by atoms with van der Waals surface area (Å²) in [4.78, 5) is 41.5. The third-order valence-electron chi connectivity index (χ3n) is 5.63. The zero-order chi connectivity index (χ0) is 21.9. The summed E-state index contributed by atoms with van der Waals surface area (Å²) in [7, 11) is 0. The highest BCUT2D eigenvalue weighted by Gasteiger charge is 2.20. The van der Waals surface area contributed by atoms with E-state index in [4.69, 9.17) is 4.74 Å². The summed E-state index contributed by atoms with van der Waals surface area (Å²) >= 11 is 4.53. The minimum Gasteiger partial charge on any atom is -0.379 e. The van der Waals surface area contributed by atoms with Crippen LogP contribution in [-0.2, 0) is 34.7 Å². The molecular weight excluding hydrogens is 466 g/mol. The van der Waals surface area contributed by atoms with Crippen LogP contribution in [0.3, 0.4) is 0 Å². The second-order valence-electron chi connectivity index (χ2n) is 7.98. The second-order valence-corrected chi connectivity index (χ2v) is 10.9. The topological polar surface area (TPSA) is 100 Å². The van der Waals surface area contributed by atoms with Crippen LogP contribution in [0.4, 0.5) is 5.13 Å². The van der Waals surface area contributed by atoms with Crippen LogP contribution in [0.1, 0.15) is 34.8 Å². The Morgan fingerprint density at radius 2 is 2.09 bits per heavy atom. The van der Waals surface area contributed by atoms with Gasteiger partial charge in [0.25, 0.3) is 5.56 Å². The van der Waals surface area contributed by atoms with E-state index in [1.165, 1.54) is 40.0 Å². The largest absolute Gasteiger partial charge is 0.379 e. The average Bonchev–Trinajstić information content (AvgIpc) is 3.38. The minimum absolute atomic E-state index is 0.0509. The van der Waals surface area contributed by atoms with Crippen molar-refractivity contribution < 1.29 is 9.53 Å². The highest BCUT2D eigenvalue weighted by molar-refractivity contribution is 7.99. The van der Waals surface area contributed by atoms with Gasteiger partial charge in [-0.05, 0) is 31.2 Å². The molecule has 0 aromatic carbocycles. The Bertz CT molecular complexity index is 1170. The van der Waals surface area contributed by atoms with Crippen LogP contribution in [0.5, 0.6) is 0 Å². The molecule has 32 heavy (non-hydrogen) atoms. The van der Waals surface area contributed by atoms with Crippen molar-refractivity contribution in [2.24, 2.45) is 0 Å². The maximum Gasteiger partial charge on any atom is 0.259 e. The summed E-state index contributed by atoms with van der Waals surface area (Å²) in [5.74, 6) is 1.29. The van der Waals surface area contributed by atoms with Crippen LogP contribution in [0.15, 0.2) is 10.2 Å². The van der Waals surface area contributed by atoms with E-state index in [1.807, 2.05) is 5.38 Å². The lowest BCUT2D eigenvalue weighted by atomic mass is 9.97. The molecule has 1 saturated heterocycles. The molecule has 8 nitrogen and oxygen atoms in total. The summed E-state index contributed by atoms with van der Waals surface area (Å²) in [5, 5.41) is 6.26. The standard InChI is InChI=1S/C21H25N5O3S3/c27-17(25-21-22-13(10-31-21)9-26-5-7-29-8-6-26)12-30-11-16-23-19(28)18-14-3-1-2-4-15(14)32-20(18)24-16/h10H,1-9,11-12H2,(H,22,25,27)(H,23,24,28). The number of carbonyl (C=O) groups excluding carboxylic acids is 1. The number of anilines is 1. The van der Waals surface area contributed by atoms with E-state index >= 15 is 0 Å². The van der Waals surface area contributed by atoms with E-state index < -0.39 is 0 Å². The molecule has 1 aliphatic heterocycles. The Kier molecular flexibility index (Phi) is 6.88. The van der Waals surface area contributed by atoms with Gasteiger partial charge in [-0.15, -0.1) is 34.4 Å². The first kappa shape index (κ1) is 22.0. The smallest absolute Gasteiger partial charge is 0.259 e. The first-order valence-corrected chi connectivity index (χ1v) is 13.7. The number of thioether (sulfide) groups is 1. The predicted molar refractivity (Wildman–Crippen MR) is 130 cm³/mol. The molecule has 3 aromatic rings. The fraction of sp³-hybridized carbons (Fsp3) is 0.524. The molecule has 2 aliphatic rings. The SMILES string of the molecule is O=C(CSCc1nc2sc3c(c2c(=O)[nH]1)CCCC3)Nc1nc(CN2CCOCC2)cs1. The van der Waals surface area contributed by atoms with Gasteiger partial charge >= 0.3 is 0 Å². The average molecular weight is 492 g/mol. The molecule has 0 spiro atoms. The van der Waals surface area contributed by atoms with Crippen molar-refractivity contribution in [3.05, 3.63) is 37.7 Å². The summed E-state index contributed by atoms with van der Waals surface area (Å²) in [6.45, 7) is 4.11. The van der Waals surface area contributed by atoms with Crippen molar-refractivity contribution in [1.29, 1.82) is 0 Å². The number of fused-ring (bicyclic) bond motifs is 3. The number of nitrogens with zero attached hydrogens (tertiary/aromatic N) is 3. The number of thiophene rings is 1. The number of aromatic nitrogens is 3. The van der Waals surface area contributed by atoms with Crippen LogP contribution >= 0.6 is 34.4 Å². The number of carbonyl (C=O) groups is 1. The molecule has 0 radical (unpaired) electrons. The number of H-pyrrole nitrogens is 1. The van der Waals surface area contributed by atoms with Gasteiger partial charge in [0.05, 0.1) is 35.8 Å². The van der Waals surface area contributed by atoms with E-state index in [9.17, 15) is 9.59 Å². The van der Waals surface area contributed by atoms with Crippen LogP contribution in [0.25, 0.3) is 10.2 Å². The first-order chi connectivity index (χ1) is 15.7. The molecule has 5 rings (SSSR count). The van der Waals surface area contributed by atoms with Crippen molar-refractivity contribution in [2.45, 2.75) is 38.0 Å². The molecule has 170 valence electrons. The number of morpholine rings is 1. The lowest BCUT2D eigenvalue weighted by Gasteiger charge is -2.25. The monoisotopic (exact) mass is 491 g/mol. The van der Waals surface area contributed by atoms with Crippen molar-refractivity contribution in [3.8, 4) is 0 Å². The van der Waals surface area contributed by atoms with E-state index in [0.29, 0.717) is 16.7 Å². The molecule has 1 fully saturated rings. The zero-order valence-corrected chi connectivity index (χ0v) is 20.1. The molecule has 3 aromatic heterocycles. The van der Waals surface area contributed by atoms with Crippen LogP contribution in [0, 0.1) is 0 Å². The van der Waals surface area contributed by atoms with Crippen LogP contribution < -0.4 is 10.9 Å². The van der Waals surface area contributed by atoms with Gasteiger partial charge in [0.2, 0.25) is 5.91 Å². The Balaban J connectivity index is 1.13. The van der Waals surface area contributed by atoms with Gasteiger partial charge in [0.15, 0.2) is 5.13 Å². The van der Waals surface area contributed by atoms with E-state index in [2.05, 4.69) is 25.2 Å². The van der Waals surface area contributed by atoms with Gasteiger partial charge in [-0.1, -0.05) is 0 Å². The second kappa shape index (κ2) is 10.0. The summed E-state index contributed by atoms with van der Waals surface area (Å²) in [6.07, 6.45) is 4.34. The third-order valence-corrected chi connectivity index (χ3v) is 8.57. The van der Waals surface area contributed by atoms with Crippen molar-refractivity contribution in [1.82, 2.24) is 19.9 Å². The van der Waals surface area contributed by atoms with Gasteiger partial charge in [-0.25, -0.2) is 9.97 Å². The Labute approximate surface area is 197 Å². The molecule has 1 amide bonds. The highest BCUT2D eigenvalue weighted by atomic mass is 32.2. The molecule has 0 bridgehead atoms. The number of thiazole rings is 1. The van der Waals surface area contributed by atoms with Gasteiger partial charge in [0.1, 0.15) is 10.7 Å². The van der Waals surface area contributed by atoms with Gasteiger partial charge in [0, 0.05) is 29.9 Å². The van der Waals surface area contributed by atoms with E-state index in [1.54, 1.807) is 11.3 Å². The summed E-state index contributed by atoms with van der Waals surface area (Å²) < 4.78 is 5.37. The molecule has 0 atom stereocenters. The number of hydrogen-bond donors (Lipinski definition) is 2. The molecule has 4 heterocycles. The van der Waals surface area contributed by atoms with E-state index in [-0.39, 0.29) is 17.2 Å². The number of amides is 1. The Morgan fingerprint density at radius 3 is 2.97 bits per heavy atom. The predicted octanol–water partition coefficient (Wildman–Crippen LogP) is 3.02. The molecule has 1 aliphatic carbocycles. The molecule has 2 N–H and O–H groups in total. The van der Waals surface area contributed by atoms with Crippen molar-refractivity contribution >= 4 is 55.7 Å². The lowest BCUT2D eigenvalue weighted by Crippen LogP contribution is -2.35. The number of aromatic amines is 1. The molecular formula is C21H25N5O3S3. The number of ether oxygens (including phenoxy) is 1. The Hall–Kier alpha value is -1.79. The highest BCUT2D eigenvalue weighted by Crippen LogP contribution is 2.33. The van der Waals surface area contributed by atoms with Gasteiger partial charge < -0.3 is 15.0 Å². The minimum atomic E-state index is -0.0997.